The van der Waals surface area contributed by atoms with Crippen LogP contribution in [0.2, 0.25) is 0 Å². The van der Waals surface area contributed by atoms with Crippen molar-refractivity contribution in [1.29, 1.82) is 0 Å². The maximum atomic E-state index is 4.88. The van der Waals surface area contributed by atoms with E-state index in [0.29, 0.717) is 0 Å². The van der Waals surface area contributed by atoms with E-state index < -0.39 is 0 Å². The molecule has 0 unspecified atom stereocenters. The number of H-pyrrole nitrogens is 1. The van der Waals surface area contributed by atoms with Gasteiger partial charge in [0.05, 0.1) is 5.69 Å². The fraction of sp³-hybridized carbons (Fsp3) is 0.400. The van der Waals surface area contributed by atoms with Gasteiger partial charge in [0.15, 0.2) is 0 Å². The van der Waals surface area contributed by atoms with E-state index in [1.54, 1.807) is 0 Å². The van der Waals surface area contributed by atoms with Gasteiger partial charge in [-0.1, -0.05) is 18.2 Å². The smallest absolute Gasteiger partial charge is 0.128 e. The fourth-order valence-electron chi connectivity index (χ4n) is 3.73. The average molecular weight is 318 g/mol. The third-order valence-electron chi connectivity index (χ3n) is 5.31. The zero-order valence-corrected chi connectivity index (χ0v) is 13.8. The first-order chi connectivity index (χ1) is 11.8. The Morgan fingerprint density at radius 1 is 1.21 bits per heavy atom. The van der Waals surface area contributed by atoms with Crippen molar-refractivity contribution in [3.63, 3.8) is 0 Å². The zero-order valence-electron chi connectivity index (χ0n) is 13.8. The van der Waals surface area contributed by atoms with Crippen LogP contribution in [-0.4, -0.2) is 26.4 Å². The molecule has 122 valence electrons. The van der Waals surface area contributed by atoms with Gasteiger partial charge in [-0.25, -0.2) is 9.97 Å². The van der Waals surface area contributed by atoms with Crippen LogP contribution in [0.15, 0.2) is 36.7 Å². The van der Waals surface area contributed by atoms with E-state index in [2.05, 4.69) is 45.3 Å². The second kappa shape index (κ2) is 5.71. The molecule has 4 nitrogen and oxygen atoms in total. The van der Waals surface area contributed by atoms with E-state index in [0.717, 1.165) is 44.2 Å². The van der Waals surface area contributed by atoms with Gasteiger partial charge in [-0.05, 0) is 47.8 Å². The van der Waals surface area contributed by atoms with Crippen LogP contribution in [0.25, 0.3) is 10.9 Å². The van der Waals surface area contributed by atoms with Crippen molar-refractivity contribution in [2.75, 3.05) is 6.54 Å². The highest BCUT2D eigenvalue weighted by Gasteiger charge is 2.24. The van der Waals surface area contributed by atoms with Gasteiger partial charge in [0.2, 0.25) is 0 Å². The summed E-state index contributed by atoms with van der Waals surface area (Å²) in [5.41, 5.74) is 5.21. The maximum Gasteiger partial charge on any atom is 0.128 e. The van der Waals surface area contributed by atoms with Crippen LogP contribution in [0.1, 0.15) is 35.5 Å². The van der Waals surface area contributed by atoms with Crippen molar-refractivity contribution >= 4 is 10.9 Å². The Morgan fingerprint density at radius 3 is 3.08 bits per heavy atom. The van der Waals surface area contributed by atoms with Crippen LogP contribution in [-0.2, 0) is 25.9 Å². The van der Waals surface area contributed by atoms with Crippen molar-refractivity contribution < 1.29 is 0 Å². The van der Waals surface area contributed by atoms with Crippen LogP contribution < -0.4 is 0 Å². The van der Waals surface area contributed by atoms with Gasteiger partial charge in [-0.15, -0.1) is 0 Å². The molecule has 5 rings (SSSR count). The summed E-state index contributed by atoms with van der Waals surface area (Å²) in [6, 6.07) is 8.69. The van der Waals surface area contributed by atoms with E-state index in [-0.39, 0.29) is 0 Å². The van der Waals surface area contributed by atoms with E-state index in [4.69, 9.17) is 4.98 Å². The first kappa shape index (κ1) is 14.2. The summed E-state index contributed by atoms with van der Waals surface area (Å²) < 4.78 is 0. The second-order valence-electron chi connectivity index (χ2n) is 7.23. The molecule has 0 atom stereocenters. The zero-order chi connectivity index (χ0) is 15.9. The van der Waals surface area contributed by atoms with Crippen molar-refractivity contribution in [1.82, 2.24) is 19.9 Å². The van der Waals surface area contributed by atoms with Crippen LogP contribution in [0.4, 0.5) is 0 Å². The Kier molecular flexibility index (Phi) is 3.37. The van der Waals surface area contributed by atoms with Gasteiger partial charge in [0.25, 0.3) is 0 Å². The quantitative estimate of drug-likeness (QED) is 0.801. The Labute approximate surface area is 141 Å². The highest BCUT2D eigenvalue weighted by atomic mass is 15.1. The van der Waals surface area contributed by atoms with E-state index in [1.165, 1.54) is 40.6 Å². The van der Waals surface area contributed by atoms with Crippen LogP contribution >= 0.6 is 0 Å². The van der Waals surface area contributed by atoms with Gasteiger partial charge >= 0.3 is 0 Å². The molecule has 1 aliphatic heterocycles. The molecule has 1 aliphatic carbocycles. The first-order valence-electron chi connectivity index (χ1n) is 8.96. The summed E-state index contributed by atoms with van der Waals surface area (Å²) in [5, 5.41) is 1.29. The number of hydrogen-bond acceptors (Lipinski definition) is 3. The number of hydrogen-bond donors (Lipinski definition) is 1. The fourth-order valence-corrected chi connectivity index (χ4v) is 3.73. The number of aromatic amines is 1. The molecule has 0 bridgehead atoms. The Morgan fingerprint density at radius 2 is 2.17 bits per heavy atom. The lowest BCUT2D eigenvalue weighted by atomic mass is 10.0. The molecule has 0 saturated heterocycles. The molecule has 4 heteroatoms. The molecular weight excluding hydrogens is 296 g/mol. The highest BCUT2D eigenvalue weighted by Crippen LogP contribution is 2.32. The Bertz CT molecular complexity index is 878. The molecule has 2 aliphatic rings. The second-order valence-corrected chi connectivity index (χ2v) is 7.23. The summed E-state index contributed by atoms with van der Waals surface area (Å²) in [7, 11) is 0. The minimum absolute atomic E-state index is 0.841. The lowest BCUT2D eigenvalue weighted by Crippen LogP contribution is -2.31. The number of rotatable bonds is 4. The molecule has 0 spiro atoms. The van der Waals surface area contributed by atoms with E-state index in [9.17, 15) is 0 Å². The van der Waals surface area contributed by atoms with Crippen LogP contribution in [0, 0.1) is 5.92 Å². The molecule has 2 aromatic heterocycles. The monoisotopic (exact) mass is 318 g/mol. The molecule has 0 radical (unpaired) electrons. The number of nitrogens with zero attached hydrogens (tertiary/aromatic N) is 3. The third-order valence-corrected chi connectivity index (χ3v) is 5.31. The molecule has 1 fully saturated rings. The minimum Gasteiger partial charge on any atom is -0.361 e. The number of benzene rings is 1. The molecule has 24 heavy (non-hydrogen) atoms. The lowest BCUT2D eigenvalue weighted by molar-refractivity contribution is 0.241. The summed E-state index contributed by atoms with van der Waals surface area (Å²) in [4.78, 5) is 15.3. The number of fused-ring (bicyclic) bond motifs is 2. The number of nitrogens with one attached hydrogen (secondary N) is 1. The molecule has 0 amide bonds. The molecule has 1 saturated carbocycles. The standard InChI is InChI=1S/C20H22N4/c1-2-15-6-8-21-20(15)17(3-1)12-24-9-7-16-11-22-19(10-14-4-5-14)23-18(16)13-24/h1-3,6,8,11,14,21H,4-5,7,9-10,12-13H2. The predicted octanol–water partition coefficient (Wildman–Crippen LogP) is 3.47. The normalized spacial score (nSPS) is 18.0. The minimum atomic E-state index is 0.841. The van der Waals surface area contributed by atoms with Crippen LogP contribution in [0.3, 0.4) is 0 Å². The van der Waals surface area contributed by atoms with Crippen LogP contribution in [0.5, 0.6) is 0 Å². The van der Waals surface area contributed by atoms with Crippen molar-refractivity contribution in [2.45, 2.75) is 38.8 Å². The molecule has 3 heterocycles. The van der Waals surface area contributed by atoms with Gasteiger partial charge in [-0.3, -0.25) is 4.90 Å². The van der Waals surface area contributed by atoms with Crippen molar-refractivity contribution in [2.24, 2.45) is 5.92 Å². The van der Waals surface area contributed by atoms with E-state index >= 15 is 0 Å². The topological polar surface area (TPSA) is 44.8 Å². The predicted molar refractivity (Wildman–Crippen MR) is 94.6 cm³/mol. The lowest BCUT2D eigenvalue weighted by Gasteiger charge is -2.28. The molecule has 1 aromatic carbocycles. The number of aromatic nitrogens is 3. The summed E-state index contributed by atoms with van der Waals surface area (Å²) in [5.74, 6) is 1.89. The van der Waals surface area contributed by atoms with Crippen molar-refractivity contribution in [3.05, 3.63) is 59.3 Å². The summed E-state index contributed by atoms with van der Waals surface area (Å²) in [6.45, 7) is 2.99. The van der Waals surface area contributed by atoms with Gasteiger partial charge < -0.3 is 4.98 Å². The highest BCUT2D eigenvalue weighted by molar-refractivity contribution is 5.82. The van der Waals surface area contributed by atoms with Gasteiger partial charge in [0, 0.05) is 44.0 Å². The van der Waals surface area contributed by atoms with Gasteiger partial charge in [0.1, 0.15) is 5.82 Å². The Balaban J connectivity index is 1.36. The van der Waals surface area contributed by atoms with Crippen molar-refractivity contribution in [3.8, 4) is 0 Å². The largest absolute Gasteiger partial charge is 0.361 e. The van der Waals surface area contributed by atoms with Gasteiger partial charge in [-0.2, -0.15) is 0 Å². The average Bonchev–Trinajstić information content (AvgIpc) is 3.27. The molecule has 3 aromatic rings. The van der Waals surface area contributed by atoms with E-state index in [1.807, 2.05) is 6.20 Å². The SMILES string of the molecule is c1cc(CN2CCc3cnc(CC4CC4)nc3C2)c2[nH]ccc2c1. The third kappa shape index (κ3) is 2.71. The first-order valence-corrected chi connectivity index (χ1v) is 8.96. The molecule has 1 N–H and O–H groups in total. The number of para-hydroxylation sites is 1. The molecular formula is C20H22N4. The summed E-state index contributed by atoms with van der Waals surface area (Å²) >= 11 is 0. The summed E-state index contributed by atoms with van der Waals surface area (Å²) in [6.07, 6.45) is 8.92. The maximum absolute atomic E-state index is 4.88. The Hall–Kier alpha value is -2.20.